The van der Waals surface area contributed by atoms with Gasteiger partial charge in [-0.2, -0.15) is 5.26 Å². The second-order valence-corrected chi connectivity index (χ2v) is 5.08. The number of allylic oxidation sites excluding steroid dienone is 1. The fourth-order valence-electron chi connectivity index (χ4n) is 2.11. The monoisotopic (exact) mass is 280 g/mol. The van der Waals surface area contributed by atoms with E-state index in [1.54, 1.807) is 24.3 Å². The second kappa shape index (κ2) is 6.23. The molecular formula is C18H17FN2. The van der Waals surface area contributed by atoms with E-state index in [2.05, 4.69) is 6.07 Å². The zero-order chi connectivity index (χ0) is 15.4. The van der Waals surface area contributed by atoms with E-state index in [1.165, 1.54) is 6.07 Å². The molecule has 0 unspecified atom stereocenters. The molecule has 0 bridgehead atoms. The van der Waals surface area contributed by atoms with Gasteiger partial charge in [0, 0.05) is 25.3 Å². The molecule has 0 aliphatic rings. The highest BCUT2D eigenvalue weighted by molar-refractivity contribution is 5.90. The summed E-state index contributed by atoms with van der Waals surface area (Å²) >= 11 is 0. The summed E-state index contributed by atoms with van der Waals surface area (Å²) in [6, 6.07) is 14.4. The summed E-state index contributed by atoms with van der Waals surface area (Å²) in [5, 5.41) is 9.31. The van der Waals surface area contributed by atoms with Crippen LogP contribution in [0.3, 0.4) is 0 Å². The molecule has 2 rings (SSSR count). The molecule has 0 saturated heterocycles. The third-order valence-corrected chi connectivity index (χ3v) is 3.35. The normalized spacial score (nSPS) is 11.1. The summed E-state index contributed by atoms with van der Waals surface area (Å²) in [6.45, 7) is 1.98. The first-order valence-electron chi connectivity index (χ1n) is 6.67. The van der Waals surface area contributed by atoms with E-state index in [4.69, 9.17) is 0 Å². The lowest BCUT2D eigenvalue weighted by Crippen LogP contribution is -2.08. The van der Waals surface area contributed by atoms with Crippen LogP contribution in [0.5, 0.6) is 0 Å². The average Bonchev–Trinajstić information content (AvgIpc) is 2.47. The van der Waals surface area contributed by atoms with Gasteiger partial charge < -0.3 is 4.90 Å². The van der Waals surface area contributed by atoms with Gasteiger partial charge in [-0.1, -0.05) is 24.3 Å². The molecule has 0 spiro atoms. The zero-order valence-electron chi connectivity index (χ0n) is 12.4. The van der Waals surface area contributed by atoms with Crippen LogP contribution in [0, 0.1) is 24.1 Å². The predicted molar refractivity (Wildman–Crippen MR) is 85.4 cm³/mol. The minimum Gasteiger partial charge on any atom is -0.378 e. The van der Waals surface area contributed by atoms with Crippen molar-refractivity contribution >= 4 is 17.3 Å². The molecule has 0 N–H and O–H groups in total. The zero-order valence-corrected chi connectivity index (χ0v) is 12.4. The van der Waals surface area contributed by atoms with Crippen molar-refractivity contribution in [2.45, 2.75) is 6.92 Å². The standard InChI is InChI=1S/C18H17FN2/c1-13-10-16(21(2)3)9-8-14(13)11-15(12-20)17-6-4-5-7-18(17)19/h4-11H,1-3H3/b15-11+. The lowest BCUT2D eigenvalue weighted by atomic mass is 10.0. The molecule has 106 valence electrons. The van der Waals surface area contributed by atoms with Crippen molar-refractivity contribution in [1.82, 2.24) is 0 Å². The maximum Gasteiger partial charge on any atom is 0.131 e. The minimum atomic E-state index is -0.382. The summed E-state index contributed by atoms with van der Waals surface area (Å²) in [5.41, 5.74) is 3.71. The van der Waals surface area contributed by atoms with E-state index in [9.17, 15) is 9.65 Å². The first-order valence-corrected chi connectivity index (χ1v) is 6.67. The molecule has 0 amide bonds. The Morgan fingerprint density at radius 3 is 2.48 bits per heavy atom. The number of rotatable bonds is 3. The van der Waals surface area contributed by atoms with Gasteiger partial charge in [-0.05, 0) is 42.3 Å². The van der Waals surface area contributed by atoms with Crippen LogP contribution in [-0.2, 0) is 0 Å². The first kappa shape index (κ1) is 14.8. The molecule has 0 saturated carbocycles. The van der Waals surface area contributed by atoms with Gasteiger partial charge in [0.05, 0.1) is 11.6 Å². The molecule has 2 aromatic carbocycles. The number of nitrogens with zero attached hydrogens (tertiary/aromatic N) is 2. The Bertz CT molecular complexity index is 724. The topological polar surface area (TPSA) is 27.0 Å². The molecule has 0 aromatic heterocycles. The van der Waals surface area contributed by atoms with Gasteiger partial charge in [0.25, 0.3) is 0 Å². The van der Waals surface area contributed by atoms with Crippen molar-refractivity contribution in [2.75, 3.05) is 19.0 Å². The minimum absolute atomic E-state index is 0.328. The van der Waals surface area contributed by atoms with Gasteiger partial charge in [-0.3, -0.25) is 0 Å². The Kier molecular flexibility index (Phi) is 4.39. The van der Waals surface area contributed by atoms with Crippen molar-refractivity contribution in [3.05, 3.63) is 65.0 Å². The molecule has 0 heterocycles. The molecule has 2 aromatic rings. The van der Waals surface area contributed by atoms with E-state index in [0.29, 0.717) is 11.1 Å². The van der Waals surface area contributed by atoms with Crippen molar-refractivity contribution in [2.24, 2.45) is 0 Å². The highest BCUT2D eigenvalue weighted by Gasteiger charge is 2.08. The number of hydrogen-bond donors (Lipinski definition) is 0. The van der Waals surface area contributed by atoms with Crippen LogP contribution in [0.4, 0.5) is 10.1 Å². The number of hydrogen-bond acceptors (Lipinski definition) is 2. The van der Waals surface area contributed by atoms with Crippen LogP contribution < -0.4 is 4.90 Å². The molecule has 2 nitrogen and oxygen atoms in total. The Morgan fingerprint density at radius 1 is 1.19 bits per heavy atom. The van der Waals surface area contributed by atoms with Crippen LogP contribution in [0.15, 0.2) is 42.5 Å². The maximum atomic E-state index is 13.8. The summed E-state index contributed by atoms with van der Waals surface area (Å²) in [4.78, 5) is 2.02. The molecule has 0 radical (unpaired) electrons. The molecule has 3 heteroatoms. The van der Waals surface area contributed by atoms with E-state index in [1.807, 2.05) is 44.1 Å². The van der Waals surface area contributed by atoms with Crippen LogP contribution in [-0.4, -0.2) is 14.1 Å². The Morgan fingerprint density at radius 2 is 1.90 bits per heavy atom. The van der Waals surface area contributed by atoms with Crippen LogP contribution in [0.25, 0.3) is 11.6 Å². The maximum absolute atomic E-state index is 13.8. The SMILES string of the molecule is Cc1cc(N(C)C)ccc1/C=C(\C#N)c1ccccc1F. The van der Waals surface area contributed by atoms with Crippen molar-refractivity contribution in [3.8, 4) is 6.07 Å². The van der Waals surface area contributed by atoms with Gasteiger partial charge in [0.1, 0.15) is 5.82 Å². The van der Waals surface area contributed by atoms with Gasteiger partial charge in [-0.25, -0.2) is 4.39 Å². The predicted octanol–water partition coefficient (Wildman–Crippen LogP) is 4.26. The average molecular weight is 280 g/mol. The highest BCUT2D eigenvalue weighted by atomic mass is 19.1. The van der Waals surface area contributed by atoms with Crippen molar-refractivity contribution in [1.29, 1.82) is 5.26 Å². The Hall–Kier alpha value is -2.60. The largest absolute Gasteiger partial charge is 0.378 e. The summed E-state index contributed by atoms with van der Waals surface area (Å²) in [5.74, 6) is -0.382. The van der Waals surface area contributed by atoms with E-state index in [0.717, 1.165) is 16.8 Å². The van der Waals surface area contributed by atoms with Crippen molar-refractivity contribution < 1.29 is 4.39 Å². The van der Waals surface area contributed by atoms with E-state index < -0.39 is 0 Å². The third-order valence-electron chi connectivity index (χ3n) is 3.35. The molecule has 0 fully saturated rings. The third kappa shape index (κ3) is 3.29. The number of benzene rings is 2. The van der Waals surface area contributed by atoms with Gasteiger partial charge in [-0.15, -0.1) is 0 Å². The quantitative estimate of drug-likeness (QED) is 0.620. The first-order chi connectivity index (χ1) is 10.0. The number of nitriles is 1. The second-order valence-electron chi connectivity index (χ2n) is 5.08. The molecule has 0 aliphatic carbocycles. The summed E-state index contributed by atoms with van der Waals surface area (Å²) in [6.07, 6.45) is 1.73. The Labute approximate surface area is 124 Å². The van der Waals surface area contributed by atoms with Crippen LogP contribution in [0.2, 0.25) is 0 Å². The number of aryl methyl sites for hydroxylation is 1. The lowest BCUT2D eigenvalue weighted by Gasteiger charge is -2.14. The van der Waals surface area contributed by atoms with E-state index >= 15 is 0 Å². The van der Waals surface area contributed by atoms with Crippen molar-refractivity contribution in [3.63, 3.8) is 0 Å². The van der Waals surface area contributed by atoms with Gasteiger partial charge in [0.2, 0.25) is 0 Å². The fraction of sp³-hybridized carbons (Fsp3) is 0.167. The highest BCUT2D eigenvalue weighted by Crippen LogP contribution is 2.24. The Balaban J connectivity index is 2.47. The van der Waals surface area contributed by atoms with Gasteiger partial charge in [0.15, 0.2) is 0 Å². The molecule has 0 aliphatic heterocycles. The van der Waals surface area contributed by atoms with Crippen LogP contribution >= 0.6 is 0 Å². The smallest absolute Gasteiger partial charge is 0.131 e. The number of anilines is 1. The van der Waals surface area contributed by atoms with Crippen LogP contribution in [0.1, 0.15) is 16.7 Å². The fourth-order valence-corrected chi connectivity index (χ4v) is 2.11. The number of halogens is 1. The molecule has 0 atom stereocenters. The molecule has 21 heavy (non-hydrogen) atoms. The van der Waals surface area contributed by atoms with E-state index in [-0.39, 0.29) is 5.82 Å². The lowest BCUT2D eigenvalue weighted by molar-refractivity contribution is 0.624. The summed E-state index contributed by atoms with van der Waals surface area (Å²) in [7, 11) is 3.95. The molecular weight excluding hydrogens is 263 g/mol. The van der Waals surface area contributed by atoms with Gasteiger partial charge >= 0.3 is 0 Å². The summed E-state index contributed by atoms with van der Waals surface area (Å²) < 4.78 is 13.8.